The van der Waals surface area contributed by atoms with Crippen molar-refractivity contribution in [3.8, 4) is 0 Å². The van der Waals surface area contributed by atoms with Gasteiger partial charge in [0, 0.05) is 18.0 Å². The monoisotopic (exact) mass is 410 g/mol. The molecule has 0 atom stereocenters. The first-order valence-corrected chi connectivity index (χ1v) is 11.2. The number of nitrogens with one attached hydrogen (secondary N) is 1. The fourth-order valence-corrected chi connectivity index (χ4v) is 5.24. The molecule has 0 spiro atoms. The maximum atomic E-state index is 12.7. The van der Waals surface area contributed by atoms with E-state index in [0.717, 1.165) is 17.5 Å². The molecule has 0 radical (unpaired) electrons. The lowest BCUT2D eigenvalue weighted by atomic mass is 10.2. The lowest BCUT2D eigenvalue weighted by Gasteiger charge is -2.09. The Hall–Kier alpha value is -2.66. The van der Waals surface area contributed by atoms with Gasteiger partial charge in [0.2, 0.25) is 0 Å². The average molecular weight is 410 g/mol. The van der Waals surface area contributed by atoms with E-state index in [9.17, 15) is 16.8 Å². The second-order valence-corrected chi connectivity index (χ2v) is 9.69. The first-order chi connectivity index (χ1) is 12.6. The Morgan fingerprint density at radius 3 is 2.37 bits per heavy atom. The molecule has 0 amide bonds. The first-order valence-electron chi connectivity index (χ1n) is 7.84. The quantitative estimate of drug-likeness (QED) is 0.656. The molecule has 0 saturated carbocycles. The van der Waals surface area contributed by atoms with Gasteiger partial charge in [0.15, 0.2) is 9.84 Å². The van der Waals surface area contributed by atoms with Crippen molar-refractivity contribution in [3.05, 3.63) is 53.7 Å². The molecule has 11 heteroatoms. The maximum Gasteiger partial charge on any atom is 0.263 e. The minimum atomic E-state index is -4.11. The van der Waals surface area contributed by atoms with E-state index in [4.69, 9.17) is 4.52 Å². The van der Waals surface area contributed by atoms with Gasteiger partial charge in [0.1, 0.15) is 10.7 Å². The predicted octanol–water partition coefficient (Wildman–Crippen LogP) is 1.74. The van der Waals surface area contributed by atoms with Crippen molar-refractivity contribution in [2.45, 2.75) is 30.2 Å². The third-order valence-corrected chi connectivity index (χ3v) is 6.65. The zero-order valence-corrected chi connectivity index (χ0v) is 16.5. The number of aromatic nitrogens is 3. The largest absolute Gasteiger partial charge is 0.361 e. The Balaban J connectivity index is 1.87. The third kappa shape index (κ3) is 4.03. The van der Waals surface area contributed by atoms with Gasteiger partial charge in [-0.15, -0.1) is 0 Å². The highest BCUT2D eigenvalue weighted by Gasteiger charge is 2.24. The molecule has 1 aromatic carbocycles. The second-order valence-electron chi connectivity index (χ2n) is 6.05. The van der Waals surface area contributed by atoms with E-state index < -0.39 is 19.9 Å². The van der Waals surface area contributed by atoms with Crippen molar-refractivity contribution in [2.24, 2.45) is 0 Å². The van der Waals surface area contributed by atoms with Gasteiger partial charge in [-0.25, -0.2) is 16.8 Å². The van der Waals surface area contributed by atoms with Crippen LogP contribution >= 0.6 is 0 Å². The van der Waals surface area contributed by atoms with Crippen LogP contribution in [0.15, 0.2) is 51.0 Å². The molecule has 27 heavy (non-hydrogen) atoms. The van der Waals surface area contributed by atoms with Crippen LogP contribution in [0.2, 0.25) is 0 Å². The molecule has 0 aliphatic rings. The number of sulfonamides is 1. The number of rotatable bonds is 6. The standard InChI is InChI=1S/C16H18N4O5S2/c1-11-14(12(2)25-18-11)10-20-9-13(8-17-20)19-27(23,24)16-7-5-4-6-15(16)26(3,21)22/h4-9,19H,10H2,1-3H3. The Labute approximate surface area is 157 Å². The molecule has 0 aliphatic carbocycles. The molecule has 1 N–H and O–H groups in total. The van der Waals surface area contributed by atoms with Crippen LogP contribution in [-0.4, -0.2) is 38.0 Å². The number of sulfone groups is 1. The summed E-state index contributed by atoms with van der Waals surface area (Å²) in [6, 6.07) is 5.43. The van der Waals surface area contributed by atoms with Crippen LogP contribution in [-0.2, 0) is 26.4 Å². The van der Waals surface area contributed by atoms with Gasteiger partial charge < -0.3 is 4.52 Å². The average Bonchev–Trinajstić information content (AvgIpc) is 3.15. The third-order valence-electron chi connectivity index (χ3n) is 3.92. The molecule has 2 heterocycles. The van der Waals surface area contributed by atoms with Crippen LogP contribution in [0, 0.1) is 13.8 Å². The van der Waals surface area contributed by atoms with Crippen LogP contribution < -0.4 is 4.72 Å². The van der Waals surface area contributed by atoms with E-state index in [1.807, 2.05) is 0 Å². The number of anilines is 1. The summed E-state index contributed by atoms with van der Waals surface area (Å²) >= 11 is 0. The predicted molar refractivity (Wildman–Crippen MR) is 97.7 cm³/mol. The van der Waals surface area contributed by atoms with Crippen LogP contribution in [0.3, 0.4) is 0 Å². The molecule has 0 aliphatic heterocycles. The zero-order chi connectivity index (χ0) is 19.8. The Bertz CT molecular complexity index is 1170. The van der Waals surface area contributed by atoms with E-state index in [-0.39, 0.29) is 15.5 Å². The molecule has 3 aromatic rings. The van der Waals surface area contributed by atoms with Gasteiger partial charge in [0.25, 0.3) is 10.0 Å². The summed E-state index contributed by atoms with van der Waals surface area (Å²) in [5.74, 6) is 0.659. The second kappa shape index (κ2) is 6.82. The molecule has 144 valence electrons. The van der Waals surface area contributed by atoms with Crippen molar-refractivity contribution >= 4 is 25.5 Å². The fourth-order valence-electron chi connectivity index (χ4n) is 2.58. The van der Waals surface area contributed by atoms with Gasteiger partial charge >= 0.3 is 0 Å². The number of nitrogens with zero attached hydrogens (tertiary/aromatic N) is 3. The van der Waals surface area contributed by atoms with Gasteiger partial charge in [0.05, 0.1) is 29.0 Å². The minimum absolute atomic E-state index is 0.213. The molecule has 2 aromatic heterocycles. The van der Waals surface area contributed by atoms with Gasteiger partial charge in [-0.2, -0.15) is 5.10 Å². The van der Waals surface area contributed by atoms with E-state index in [0.29, 0.717) is 12.3 Å². The van der Waals surface area contributed by atoms with Crippen LogP contribution in [0.4, 0.5) is 5.69 Å². The van der Waals surface area contributed by atoms with Gasteiger partial charge in [-0.1, -0.05) is 17.3 Å². The molecule has 3 rings (SSSR count). The Kier molecular flexibility index (Phi) is 4.82. The van der Waals surface area contributed by atoms with Crippen LogP contribution in [0.5, 0.6) is 0 Å². The number of aryl methyl sites for hydroxylation is 2. The van der Waals surface area contributed by atoms with Crippen LogP contribution in [0.1, 0.15) is 17.0 Å². The summed E-state index contributed by atoms with van der Waals surface area (Å²) in [6.45, 7) is 3.95. The first kappa shape index (κ1) is 19.1. The number of benzene rings is 1. The topological polar surface area (TPSA) is 124 Å². The Morgan fingerprint density at radius 2 is 1.78 bits per heavy atom. The fraction of sp³-hybridized carbons (Fsp3) is 0.250. The van der Waals surface area contributed by atoms with E-state index >= 15 is 0 Å². The summed E-state index contributed by atoms with van der Waals surface area (Å²) in [6.07, 6.45) is 3.81. The summed E-state index contributed by atoms with van der Waals surface area (Å²) < 4.78 is 58.1. The lowest BCUT2D eigenvalue weighted by Crippen LogP contribution is -2.16. The summed E-state index contributed by atoms with van der Waals surface area (Å²) in [5.41, 5.74) is 1.80. The zero-order valence-electron chi connectivity index (χ0n) is 14.9. The molecule has 0 fully saturated rings. The molecule has 9 nitrogen and oxygen atoms in total. The van der Waals surface area contributed by atoms with E-state index in [1.165, 1.54) is 41.3 Å². The lowest BCUT2D eigenvalue weighted by molar-refractivity contribution is 0.391. The van der Waals surface area contributed by atoms with E-state index in [2.05, 4.69) is 15.0 Å². The molecular formula is C16H18N4O5S2. The highest BCUT2D eigenvalue weighted by atomic mass is 32.2. The molecule has 0 saturated heterocycles. The normalized spacial score (nSPS) is 12.3. The maximum absolute atomic E-state index is 12.7. The molecule has 0 bridgehead atoms. The highest BCUT2D eigenvalue weighted by Crippen LogP contribution is 2.23. The van der Waals surface area contributed by atoms with Gasteiger partial charge in [-0.3, -0.25) is 9.40 Å². The van der Waals surface area contributed by atoms with Crippen molar-refractivity contribution in [1.82, 2.24) is 14.9 Å². The smallest absolute Gasteiger partial charge is 0.263 e. The summed E-state index contributed by atoms with van der Waals surface area (Å²) in [5, 5.41) is 7.99. The SMILES string of the molecule is Cc1noc(C)c1Cn1cc(NS(=O)(=O)c2ccccc2S(C)(=O)=O)cn1. The Morgan fingerprint density at radius 1 is 1.11 bits per heavy atom. The number of hydrogen-bond donors (Lipinski definition) is 1. The van der Waals surface area contributed by atoms with Gasteiger partial charge in [-0.05, 0) is 26.0 Å². The number of hydrogen-bond acceptors (Lipinski definition) is 7. The summed E-state index contributed by atoms with van der Waals surface area (Å²) in [4.78, 5) is -0.577. The van der Waals surface area contributed by atoms with Crippen molar-refractivity contribution in [1.29, 1.82) is 0 Å². The molecular weight excluding hydrogens is 392 g/mol. The van der Waals surface area contributed by atoms with Crippen LogP contribution in [0.25, 0.3) is 0 Å². The molecule has 0 unspecified atom stereocenters. The highest BCUT2D eigenvalue weighted by molar-refractivity contribution is 7.95. The van der Waals surface area contributed by atoms with Crippen molar-refractivity contribution in [3.63, 3.8) is 0 Å². The minimum Gasteiger partial charge on any atom is -0.361 e. The van der Waals surface area contributed by atoms with E-state index in [1.54, 1.807) is 13.8 Å². The summed E-state index contributed by atoms with van der Waals surface area (Å²) in [7, 11) is -7.81. The van der Waals surface area contributed by atoms with Crippen molar-refractivity contribution in [2.75, 3.05) is 11.0 Å². The van der Waals surface area contributed by atoms with Crippen molar-refractivity contribution < 1.29 is 21.4 Å².